The van der Waals surface area contributed by atoms with Gasteiger partial charge < -0.3 is 10.4 Å². The summed E-state index contributed by atoms with van der Waals surface area (Å²) in [5, 5.41) is 11.9. The first-order valence-electron chi connectivity index (χ1n) is 6.07. The quantitative estimate of drug-likeness (QED) is 0.858. The minimum absolute atomic E-state index is 0.000735. The van der Waals surface area contributed by atoms with E-state index in [9.17, 15) is 4.79 Å². The van der Waals surface area contributed by atoms with E-state index in [-0.39, 0.29) is 6.42 Å². The molecule has 5 heteroatoms. The number of rotatable bonds is 5. The number of carboxylic acid groups (broad SMARTS) is 1. The van der Waals surface area contributed by atoms with Gasteiger partial charge in [-0.2, -0.15) is 0 Å². The zero-order valence-corrected chi connectivity index (χ0v) is 10.6. The maximum absolute atomic E-state index is 10.7. The Kier molecular flexibility index (Phi) is 4.07. The fourth-order valence-electron chi connectivity index (χ4n) is 1.77. The second-order valence-corrected chi connectivity index (χ2v) is 4.07. The van der Waals surface area contributed by atoms with Gasteiger partial charge >= 0.3 is 5.97 Å². The molecule has 0 aliphatic heterocycles. The second kappa shape index (κ2) is 5.95. The Labute approximate surface area is 111 Å². The lowest BCUT2D eigenvalue weighted by Gasteiger charge is -2.06. The Bertz CT molecular complexity index is 584. The lowest BCUT2D eigenvalue weighted by molar-refractivity contribution is -0.136. The van der Waals surface area contributed by atoms with Crippen molar-refractivity contribution in [3.05, 3.63) is 42.1 Å². The Balaban J connectivity index is 2.30. The predicted molar refractivity (Wildman–Crippen MR) is 73.0 cm³/mol. The number of anilines is 1. The summed E-state index contributed by atoms with van der Waals surface area (Å²) in [5.41, 5.74) is 1.56. The van der Waals surface area contributed by atoms with E-state index in [2.05, 4.69) is 15.3 Å². The van der Waals surface area contributed by atoms with Crippen LogP contribution in [0.3, 0.4) is 0 Å². The fourth-order valence-corrected chi connectivity index (χ4v) is 1.77. The summed E-state index contributed by atoms with van der Waals surface area (Å²) in [4.78, 5) is 19.3. The van der Waals surface area contributed by atoms with Crippen LogP contribution >= 0.6 is 0 Å². The summed E-state index contributed by atoms with van der Waals surface area (Å²) in [5.74, 6) is 0.501. The average molecular weight is 257 g/mol. The molecule has 2 rings (SSSR count). The van der Waals surface area contributed by atoms with Gasteiger partial charge in [0.05, 0.1) is 6.42 Å². The van der Waals surface area contributed by atoms with Crippen molar-refractivity contribution in [3.63, 3.8) is 0 Å². The highest BCUT2D eigenvalue weighted by Gasteiger charge is 2.05. The summed E-state index contributed by atoms with van der Waals surface area (Å²) in [7, 11) is 0. The number of nitrogens with zero attached hydrogens (tertiary/aromatic N) is 2. The smallest absolute Gasteiger partial charge is 0.307 e. The molecular weight excluding hydrogens is 242 g/mol. The average Bonchev–Trinajstić information content (AvgIpc) is 2.39. The van der Waals surface area contributed by atoms with E-state index < -0.39 is 5.97 Å². The summed E-state index contributed by atoms with van der Waals surface area (Å²) in [6.07, 6.45) is 1.69. The number of carbonyl (C=O) groups is 1. The topological polar surface area (TPSA) is 75.1 Å². The van der Waals surface area contributed by atoms with Gasteiger partial charge in [-0.05, 0) is 24.6 Å². The van der Waals surface area contributed by atoms with Gasteiger partial charge in [-0.15, -0.1) is 0 Å². The first-order valence-corrected chi connectivity index (χ1v) is 6.07. The number of carboxylic acids is 1. The van der Waals surface area contributed by atoms with Gasteiger partial charge in [0.25, 0.3) is 0 Å². The van der Waals surface area contributed by atoms with E-state index >= 15 is 0 Å². The Morgan fingerprint density at radius 1 is 1.37 bits per heavy atom. The number of hydrogen-bond donors (Lipinski definition) is 2. The Morgan fingerprint density at radius 3 is 2.95 bits per heavy atom. The predicted octanol–water partition coefficient (Wildman–Crippen LogP) is 2.20. The molecule has 0 unspecified atom stereocenters. The third-order valence-electron chi connectivity index (χ3n) is 2.55. The van der Waals surface area contributed by atoms with Crippen molar-refractivity contribution >= 4 is 11.8 Å². The van der Waals surface area contributed by atoms with Crippen LogP contribution in [0, 0.1) is 0 Å². The minimum Gasteiger partial charge on any atom is -0.481 e. The summed E-state index contributed by atoms with van der Waals surface area (Å²) in [6.45, 7) is 2.78. The molecule has 0 aliphatic rings. The first kappa shape index (κ1) is 13.0. The lowest BCUT2D eigenvalue weighted by Crippen LogP contribution is -2.02. The SMILES string of the molecule is CCNc1ccnc(-c2cccc(CC(=O)O)c2)n1. The number of aliphatic carboxylic acids is 1. The minimum atomic E-state index is -0.848. The van der Waals surface area contributed by atoms with Crippen molar-refractivity contribution < 1.29 is 9.90 Å². The molecule has 1 aromatic carbocycles. The van der Waals surface area contributed by atoms with Crippen LogP contribution in [-0.4, -0.2) is 27.6 Å². The monoisotopic (exact) mass is 257 g/mol. The van der Waals surface area contributed by atoms with Crippen molar-refractivity contribution in [1.29, 1.82) is 0 Å². The summed E-state index contributed by atoms with van der Waals surface area (Å²) in [6, 6.07) is 9.08. The van der Waals surface area contributed by atoms with Crippen LogP contribution in [0.1, 0.15) is 12.5 Å². The van der Waals surface area contributed by atoms with Crippen LogP contribution in [0.15, 0.2) is 36.5 Å². The third kappa shape index (κ3) is 3.51. The Hall–Kier alpha value is -2.43. The number of hydrogen-bond acceptors (Lipinski definition) is 4. The highest BCUT2D eigenvalue weighted by molar-refractivity contribution is 5.71. The van der Waals surface area contributed by atoms with E-state index in [4.69, 9.17) is 5.11 Å². The molecule has 0 fully saturated rings. The second-order valence-electron chi connectivity index (χ2n) is 4.07. The summed E-state index contributed by atoms with van der Waals surface area (Å²) >= 11 is 0. The van der Waals surface area contributed by atoms with Crippen LogP contribution in [0.5, 0.6) is 0 Å². The van der Waals surface area contributed by atoms with Crippen LogP contribution < -0.4 is 5.32 Å². The zero-order chi connectivity index (χ0) is 13.7. The highest BCUT2D eigenvalue weighted by Crippen LogP contribution is 2.18. The van der Waals surface area contributed by atoms with Crippen LogP contribution in [0.25, 0.3) is 11.4 Å². The third-order valence-corrected chi connectivity index (χ3v) is 2.55. The molecule has 2 N–H and O–H groups in total. The first-order chi connectivity index (χ1) is 9.19. The van der Waals surface area contributed by atoms with Gasteiger partial charge in [0.15, 0.2) is 5.82 Å². The summed E-state index contributed by atoms with van der Waals surface area (Å²) < 4.78 is 0. The molecule has 0 aliphatic carbocycles. The van der Waals surface area contributed by atoms with E-state index in [1.807, 2.05) is 19.1 Å². The number of aromatic nitrogens is 2. The highest BCUT2D eigenvalue weighted by atomic mass is 16.4. The van der Waals surface area contributed by atoms with Gasteiger partial charge in [0.1, 0.15) is 5.82 Å². The molecule has 0 radical (unpaired) electrons. The van der Waals surface area contributed by atoms with Gasteiger partial charge in [0.2, 0.25) is 0 Å². The molecule has 98 valence electrons. The zero-order valence-electron chi connectivity index (χ0n) is 10.6. The van der Waals surface area contributed by atoms with Crippen molar-refractivity contribution in [2.45, 2.75) is 13.3 Å². The molecule has 0 saturated carbocycles. The van der Waals surface area contributed by atoms with Crippen molar-refractivity contribution in [2.24, 2.45) is 0 Å². The van der Waals surface area contributed by atoms with Crippen LogP contribution in [0.4, 0.5) is 5.82 Å². The van der Waals surface area contributed by atoms with E-state index in [0.29, 0.717) is 5.82 Å². The van der Waals surface area contributed by atoms with Crippen molar-refractivity contribution in [1.82, 2.24) is 9.97 Å². The normalized spacial score (nSPS) is 10.2. The lowest BCUT2D eigenvalue weighted by atomic mass is 10.1. The largest absolute Gasteiger partial charge is 0.481 e. The van der Waals surface area contributed by atoms with Crippen LogP contribution in [0.2, 0.25) is 0 Å². The standard InChI is InChI=1S/C14H15N3O2/c1-2-15-12-6-7-16-14(17-12)11-5-3-4-10(8-11)9-13(18)19/h3-8H,2,9H2,1H3,(H,18,19)(H,15,16,17). The van der Waals surface area contributed by atoms with Gasteiger partial charge in [-0.25, -0.2) is 9.97 Å². The van der Waals surface area contributed by atoms with E-state index in [1.165, 1.54) is 0 Å². The maximum atomic E-state index is 10.7. The molecule has 0 atom stereocenters. The molecule has 0 amide bonds. The van der Waals surface area contributed by atoms with Gasteiger partial charge in [-0.1, -0.05) is 18.2 Å². The molecule has 1 heterocycles. The number of benzene rings is 1. The molecule has 1 aromatic heterocycles. The molecule has 19 heavy (non-hydrogen) atoms. The van der Waals surface area contributed by atoms with E-state index in [0.717, 1.165) is 23.5 Å². The molecule has 0 saturated heterocycles. The Morgan fingerprint density at radius 2 is 2.21 bits per heavy atom. The fraction of sp³-hybridized carbons (Fsp3) is 0.214. The maximum Gasteiger partial charge on any atom is 0.307 e. The van der Waals surface area contributed by atoms with Crippen molar-refractivity contribution in [3.8, 4) is 11.4 Å². The van der Waals surface area contributed by atoms with E-state index in [1.54, 1.807) is 24.4 Å². The molecule has 0 spiro atoms. The number of nitrogens with one attached hydrogen (secondary N) is 1. The molecular formula is C14H15N3O2. The van der Waals surface area contributed by atoms with Gasteiger partial charge in [0, 0.05) is 18.3 Å². The molecule has 0 bridgehead atoms. The van der Waals surface area contributed by atoms with Crippen LogP contribution in [-0.2, 0) is 11.2 Å². The molecule has 5 nitrogen and oxygen atoms in total. The molecule has 2 aromatic rings. The van der Waals surface area contributed by atoms with Gasteiger partial charge in [-0.3, -0.25) is 4.79 Å². The van der Waals surface area contributed by atoms with Crippen molar-refractivity contribution in [2.75, 3.05) is 11.9 Å².